The van der Waals surface area contributed by atoms with Crippen LogP contribution >= 0.6 is 0 Å². The second kappa shape index (κ2) is 5.14. The van der Waals surface area contributed by atoms with Gasteiger partial charge in [0.1, 0.15) is 0 Å². The van der Waals surface area contributed by atoms with Crippen LogP contribution in [0.5, 0.6) is 0 Å². The highest BCUT2D eigenvalue weighted by atomic mass is 16.3. The highest BCUT2D eigenvalue weighted by molar-refractivity contribution is 5.08. The lowest BCUT2D eigenvalue weighted by atomic mass is 10.0. The Bertz CT molecular complexity index is 154. The third kappa shape index (κ3) is 4.79. The van der Waals surface area contributed by atoms with Crippen LogP contribution in [0.3, 0.4) is 0 Å². The van der Waals surface area contributed by atoms with E-state index < -0.39 is 0 Å². The van der Waals surface area contributed by atoms with Crippen molar-refractivity contribution in [1.82, 2.24) is 0 Å². The normalized spacial score (nSPS) is 12.3. The third-order valence-electron chi connectivity index (χ3n) is 1.78. The molecule has 0 rings (SSSR count). The summed E-state index contributed by atoms with van der Waals surface area (Å²) in [5, 5.41) is 8.69. The van der Waals surface area contributed by atoms with Gasteiger partial charge in [-0.25, -0.2) is 0 Å². The maximum atomic E-state index is 8.69. The van der Waals surface area contributed by atoms with Gasteiger partial charge in [-0.15, -0.1) is 0 Å². The van der Waals surface area contributed by atoms with Crippen LogP contribution in [0.25, 0.3) is 0 Å². The average molecular weight is 154 g/mol. The minimum Gasteiger partial charge on any atom is -0.392 e. The van der Waals surface area contributed by atoms with Gasteiger partial charge in [-0.1, -0.05) is 37.6 Å². The highest BCUT2D eigenvalue weighted by Crippen LogP contribution is 2.12. The summed E-state index contributed by atoms with van der Waals surface area (Å²) in [7, 11) is 0. The Kier molecular flexibility index (Phi) is 4.88. The first kappa shape index (κ1) is 10.4. The predicted octanol–water partition coefficient (Wildman–Crippen LogP) is 2.53. The van der Waals surface area contributed by atoms with Crippen molar-refractivity contribution in [2.24, 2.45) is 5.92 Å². The molecule has 11 heavy (non-hydrogen) atoms. The van der Waals surface area contributed by atoms with E-state index in [0.717, 1.165) is 12.0 Å². The second-order valence-corrected chi connectivity index (χ2v) is 3.23. The van der Waals surface area contributed by atoms with Gasteiger partial charge in [-0.3, -0.25) is 0 Å². The van der Waals surface area contributed by atoms with Crippen molar-refractivity contribution >= 4 is 0 Å². The number of rotatable bonds is 4. The van der Waals surface area contributed by atoms with E-state index in [1.54, 1.807) is 0 Å². The van der Waals surface area contributed by atoms with Crippen molar-refractivity contribution in [2.75, 3.05) is 6.61 Å². The fraction of sp³-hybridized carbons (Fsp3) is 0.600. The van der Waals surface area contributed by atoms with Crippen LogP contribution in [-0.2, 0) is 0 Å². The Morgan fingerprint density at radius 3 is 2.45 bits per heavy atom. The van der Waals surface area contributed by atoms with Crippen LogP contribution in [0.4, 0.5) is 0 Å². The van der Waals surface area contributed by atoms with Gasteiger partial charge in [-0.2, -0.15) is 0 Å². The number of hydrogen-bond donors (Lipinski definition) is 1. The van der Waals surface area contributed by atoms with Crippen molar-refractivity contribution in [1.29, 1.82) is 0 Å². The topological polar surface area (TPSA) is 20.2 Å². The standard InChI is InChI=1S/C10H18O/c1-8(2)10(4)6-5-9(3)7-11/h5,8,11H,4,6-7H2,1-3H3. The fourth-order valence-electron chi connectivity index (χ4n) is 0.606. The Morgan fingerprint density at radius 2 is 2.09 bits per heavy atom. The van der Waals surface area contributed by atoms with Crippen LogP contribution < -0.4 is 0 Å². The van der Waals surface area contributed by atoms with Crippen molar-refractivity contribution in [3.63, 3.8) is 0 Å². The summed E-state index contributed by atoms with van der Waals surface area (Å²) < 4.78 is 0. The SMILES string of the molecule is C=C(CC=C(C)CO)C(C)C. The van der Waals surface area contributed by atoms with E-state index in [4.69, 9.17) is 5.11 Å². The van der Waals surface area contributed by atoms with E-state index >= 15 is 0 Å². The molecule has 0 heterocycles. The van der Waals surface area contributed by atoms with Crippen LogP contribution in [0, 0.1) is 5.92 Å². The van der Waals surface area contributed by atoms with Crippen molar-refractivity contribution in [3.8, 4) is 0 Å². The molecule has 0 amide bonds. The summed E-state index contributed by atoms with van der Waals surface area (Å²) in [5.41, 5.74) is 2.24. The Balaban J connectivity index is 3.78. The molecule has 0 fully saturated rings. The van der Waals surface area contributed by atoms with Crippen molar-refractivity contribution < 1.29 is 5.11 Å². The maximum absolute atomic E-state index is 8.69. The molecule has 1 N–H and O–H groups in total. The molecule has 0 unspecified atom stereocenters. The van der Waals surface area contributed by atoms with Gasteiger partial charge in [0.05, 0.1) is 6.61 Å². The summed E-state index contributed by atoms with van der Waals surface area (Å²) in [6.45, 7) is 10.3. The van der Waals surface area contributed by atoms with E-state index in [1.807, 2.05) is 13.0 Å². The molecule has 0 spiro atoms. The summed E-state index contributed by atoms with van der Waals surface area (Å²) in [4.78, 5) is 0. The number of hydrogen-bond acceptors (Lipinski definition) is 1. The third-order valence-corrected chi connectivity index (χ3v) is 1.78. The van der Waals surface area contributed by atoms with Gasteiger partial charge in [-0.05, 0) is 19.3 Å². The second-order valence-electron chi connectivity index (χ2n) is 3.23. The molecule has 0 aromatic carbocycles. The minimum atomic E-state index is 0.158. The molecular formula is C10H18O. The first-order valence-corrected chi connectivity index (χ1v) is 4.02. The molecule has 0 saturated heterocycles. The Hall–Kier alpha value is -0.560. The van der Waals surface area contributed by atoms with Crippen molar-refractivity contribution in [2.45, 2.75) is 27.2 Å². The average Bonchev–Trinajstić information content (AvgIpc) is 1.99. The Labute approximate surface area is 69.4 Å². The smallest absolute Gasteiger partial charge is 0.0639 e. The highest BCUT2D eigenvalue weighted by Gasteiger charge is 1.97. The zero-order chi connectivity index (χ0) is 8.85. The number of aliphatic hydroxyl groups is 1. The number of aliphatic hydroxyl groups excluding tert-OH is 1. The largest absolute Gasteiger partial charge is 0.392 e. The van der Waals surface area contributed by atoms with E-state index in [9.17, 15) is 0 Å². The van der Waals surface area contributed by atoms with Crippen LogP contribution in [0.15, 0.2) is 23.8 Å². The van der Waals surface area contributed by atoms with Gasteiger partial charge in [0.15, 0.2) is 0 Å². The zero-order valence-corrected chi connectivity index (χ0v) is 7.72. The van der Waals surface area contributed by atoms with E-state index in [1.165, 1.54) is 5.57 Å². The van der Waals surface area contributed by atoms with Gasteiger partial charge in [0.2, 0.25) is 0 Å². The minimum absolute atomic E-state index is 0.158. The molecular weight excluding hydrogens is 136 g/mol. The molecule has 0 aliphatic heterocycles. The molecule has 1 heteroatoms. The van der Waals surface area contributed by atoms with Crippen LogP contribution in [-0.4, -0.2) is 11.7 Å². The lowest BCUT2D eigenvalue weighted by Crippen LogP contribution is -1.91. The quantitative estimate of drug-likeness (QED) is 0.617. The van der Waals surface area contributed by atoms with E-state index in [0.29, 0.717) is 5.92 Å². The summed E-state index contributed by atoms with van der Waals surface area (Å²) in [5.74, 6) is 0.540. The molecule has 0 bridgehead atoms. The molecule has 1 nitrogen and oxygen atoms in total. The molecule has 0 aromatic rings. The van der Waals surface area contributed by atoms with Gasteiger partial charge in [0.25, 0.3) is 0 Å². The summed E-state index contributed by atoms with van der Waals surface area (Å²) in [6, 6.07) is 0. The van der Waals surface area contributed by atoms with Gasteiger partial charge < -0.3 is 5.11 Å². The molecule has 0 aliphatic carbocycles. The van der Waals surface area contributed by atoms with Crippen molar-refractivity contribution in [3.05, 3.63) is 23.8 Å². The molecule has 0 aromatic heterocycles. The molecule has 64 valence electrons. The van der Waals surface area contributed by atoms with E-state index in [2.05, 4.69) is 20.4 Å². The Morgan fingerprint density at radius 1 is 1.55 bits per heavy atom. The lowest BCUT2D eigenvalue weighted by Gasteiger charge is -2.05. The predicted molar refractivity (Wildman–Crippen MR) is 49.4 cm³/mol. The summed E-state index contributed by atoms with van der Waals surface area (Å²) in [6.07, 6.45) is 2.92. The summed E-state index contributed by atoms with van der Waals surface area (Å²) >= 11 is 0. The maximum Gasteiger partial charge on any atom is 0.0639 e. The van der Waals surface area contributed by atoms with Gasteiger partial charge in [0, 0.05) is 0 Å². The number of allylic oxidation sites excluding steroid dienone is 2. The molecule has 0 atom stereocenters. The molecule has 0 aliphatic rings. The first-order chi connectivity index (χ1) is 5.07. The molecule has 0 radical (unpaired) electrons. The lowest BCUT2D eigenvalue weighted by molar-refractivity contribution is 0.331. The zero-order valence-electron chi connectivity index (χ0n) is 7.72. The van der Waals surface area contributed by atoms with Gasteiger partial charge >= 0.3 is 0 Å². The van der Waals surface area contributed by atoms with Crippen LogP contribution in [0.1, 0.15) is 27.2 Å². The van der Waals surface area contributed by atoms with E-state index in [-0.39, 0.29) is 6.61 Å². The van der Waals surface area contributed by atoms with Crippen LogP contribution in [0.2, 0.25) is 0 Å². The monoisotopic (exact) mass is 154 g/mol. The first-order valence-electron chi connectivity index (χ1n) is 4.02. The molecule has 0 saturated carbocycles. The fourth-order valence-corrected chi connectivity index (χ4v) is 0.606.